The lowest BCUT2D eigenvalue weighted by Gasteiger charge is -2.06. The van der Waals surface area contributed by atoms with Crippen molar-refractivity contribution in [3.05, 3.63) is 64.2 Å². The minimum Gasteiger partial charge on any atom is -0.268 e. The summed E-state index contributed by atoms with van der Waals surface area (Å²) in [5, 5.41) is 10.7. The van der Waals surface area contributed by atoms with E-state index in [1.165, 1.54) is 4.68 Å². The van der Waals surface area contributed by atoms with E-state index in [1.54, 1.807) is 24.5 Å². The number of aromatic nitrogens is 1. The van der Waals surface area contributed by atoms with Crippen LogP contribution >= 0.6 is 0 Å². The zero-order valence-electron chi connectivity index (χ0n) is 9.04. The topological polar surface area (TPSA) is 77.2 Å². The van der Waals surface area contributed by atoms with Gasteiger partial charge in [-0.05, 0) is 24.3 Å². The van der Waals surface area contributed by atoms with Crippen molar-refractivity contribution in [3.8, 4) is 0 Å². The number of nitrogens with one attached hydrogen (secondary N) is 1. The molecule has 0 aliphatic heterocycles. The van der Waals surface area contributed by atoms with Gasteiger partial charge in [0.05, 0.1) is 4.92 Å². The second-order valence-corrected chi connectivity index (χ2v) is 3.45. The summed E-state index contributed by atoms with van der Waals surface area (Å²) in [5.41, 5.74) is 1.60. The predicted octanol–water partition coefficient (Wildman–Crippen LogP) is 1.92. The number of nitro benzene ring substituents is 1. The monoisotopic (exact) mass is 249 g/mol. The van der Waals surface area contributed by atoms with Gasteiger partial charge in [-0.25, -0.2) is 4.39 Å². The first kappa shape index (κ1) is 11.8. The van der Waals surface area contributed by atoms with Crippen LogP contribution in [0.1, 0.15) is 10.4 Å². The van der Waals surface area contributed by atoms with Gasteiger partial charge >= 0.3 is 0 Å². The van der Waals surface area contributed by atoms with Crippen molar-refractivity contribution in [1.82, 2.24) is 4.68 Å². The number of rotatable bonds is 3. The third-order valence-corrected chi connectivity index (χ3v) is 2.24. The molecule has 0 aliphatic rings. The molecular formula is C11H8FN3O3. The summed E-state index contributed by atoms with van der Waals surface area (Å²) in [6, 6.07) is 6.06. The van der Waals surface area contributed by atoms with E-state index in [4.69, 9.17) is 0 Å². The Labute approximate surface area is 101 Å². The number of carbonyl (C=O) groups is 1. The fourth-order valence-electron chi connectivity index (χ4n) is 1.44. The number of hydrogen-bond acceptors (Lipinski definition) is 3. The molecule has 0 fully saturated rings. The number of benzene rings is 1. The van der Waals surface area contributed by atoms with E-state index in [2.05, 4.69) is 5.43 Å². The lowest BCUT2D eigenvalue weighted by Crippen LogP contribution is -2.22. The molecule has 0 radical (unpaired) electrons. The number of hydrogen-bond donors (Lipinski definition) is 1. The number of nitro groups is 1. The Morgan fingerprint density at radius 2 is 2.00 bits per heavy atom. The second kappa shape index (κ2) is 4.66. The number of nitrogens with zero attached hydrogens (tertiary/aromatic N) is 2. The van der Waals surface area contributed by atoms with Crippen molar-refractivity contribution in [3.63, 3.8) is 0 Å². The maximum absolute atomic E-state index is 13.0. The zero-order chi connectivity index (χ0) is 13.1. The molecule has 1 N–H and O–H groups in total. The summed E-state index contributed by atoms with van der Waals surface area (Å²) in [7, 11) is 0. The van der Waals surface area contributed by atoms with Gasteiger partial charge in [0.2, 0.25) is 0 Å². The zero-order valence-corrected chi connectivity index (χ0v) is 9.04. The maximum atomic E-state index is 13.0. The molecule has 18 heavy (non-hydrogen) atoms. The minimum atomic E-state index is -0.752. The first-order valence-corrected chi connectivity index (χ1v) is 4.96. The van der Waals surface area contributed by atoms with E-state index < -0.39 is 22.3 Å². The molecule has 1 heterocycles. The van der Waals surface area contributed by atoms with Gasteiger partial charge in [-0.3, -0.25) is 25.0 Å². The fourth-order valence-corrected chi connectivity index (χ4v) is 1.44. The molecule has 0 saturated heterocycles. The molecule has 6 nitrogen and oxygen atoms in total. The SMILES string of the molecule is O=C(Nn1cccc1)c1cc(F)ccc1[N+](=O)[O-]. The Morgan fingerprint density at radius 1 is 1.33 bits per heavy atom. The molecular weight excluding hydrogens is 241 g/mol. The quantitative estimate of drug-likeness (QED) is 0.666. The number of carbonyl (C=O) groups excluding carboxylic acids is 1. The van der Waals surface area contributed by atoms with Gasteiger partial charge in [-0.2, -0.15) is 0 Å². The molecule has 92 valence electrons. The molecule has 0 atom stereocenters. The largest absolute Gasteiger partial charge is 0.282 e. The molecule has 7 heteroatoms. The molecule has 1 aromatic heterocycles. The van der Waals surface area contributed by atoms with Gasteiger partial charge in [0.25, 0.3) is 11.6 Å². The third kappa shape index (κ3) is 2.34. The first-order valence-electron chi connectivity index (χ1n) is 4.96. The maximum Gasteiger partial charge on any atom is 0.282 e. The van der Waals surface area contributed by atoms with Crippen LogP contribution in [0.5, 0.6) is 0 Å². The van der Waals surface area contributed by atoms with Crippen molar-refractivity contribution in [2.45, 2.75) is 0 Å². The lowest BCUT2D eigenvalue weighted by molar-refractivity contribution is -0.385. The Kier molecular flexibility index (Phi) is 3.05. The minimum absolute atomic E-state index is 0.325. The van der Waals surface area contributed by atoms with Gasteiger partial charge < -0.3 is 0 Å². The fraction of sp³-hybridized carbons (Fsp3) is 0. The average molecular weight is 249 g/mol. The van der Waals surface area contributed by atoms with E-state index in [0.717, 1.165) is 18.2 Å². The number of halogens is 1. The highest BCUT2D eigenvalue weighted by Gasteiger charge is 2.20. The van der Waals surface area contributed by atoms with Gasteiger partial charge in [0.15, 0.2) is 0 Å². The Hall–Kier alpha value is -2.70. The number of amides is 1. The molecule has 2 aromatic rings. The van der Waals surface area contributed by atoms with Gasteiger partial charge in [0.1, 0.15) is 11.4 Å². The van der Waals surface area contributed by atoms with E-state index in [-0.39, 0.29) is 5.56 Å². The van der Waals surface area contributed by atoms with Crippen molar-refractivity contribution >= 4 is 11.6 Å². The molecule has 2 rings (SSSR count). The van der Waals surface area contributed by atoms with E-state index in [0.29, 0.717) is 0 Å². The van der Waals surface area contributed by atoms with Crippen molar-refractivity contribution in [2.24, 2.45) is 0 Å². The van der Waals surface area contributed by atoms with Crippen molar-refractivity contribution < 1.29 is 14.1 Å². The van der Waals surface area contributed by atoms with Crippen LogP contribution in [0.2, 0.25) is 0 Å². The first-order chi connectivity index (χ1) is 8.58. The normalized spacial score (nSPS) is 10.1. The second-order valence-electron chi connectivity index (χ2n) is 3.45. The lowest BCUT2D eigenvalue weighted by atomic mass is 10.1. The van der Waals surface area contributed by atoms with Gasteiger partial charge in [0, 0.05) is 18.5 Å². The summed E-state index contributed by atoms with van der Waals surface area (Å²) in [4.78, 5) is 21.8. The third-order valence-electron chi connectivity index (χ3n) is 2.24. The van der Waals surface area contributed by atoms with E-state index >= 15 is 0 Å². The van der Waals surface area contributed by atoms with Crippen LogP contribution in [-0.2, 0) is 0 Å². The van der Waals surface area contributed by atoms with Gasteiger partial charge in [-0.1, -0.05) is 0 Å². The summed E-state index contributed by atoms with van der Waals surface area (Å²) >= 11 is 0. The summed E-state index contributed by atoms with van der Waals surface area (Å²) in [5.74, 6) is -1.46. The van der Waals surface area contributed by atoms with Crippen molar-refractivity contribution in [1.29, 1.82) is 0 Å². The average Bonchev–Trinajstić information content (AvgIpc) is 2.81. The summed E-state index contributed by atoms with van der Waals surface area (Å²) < 4.78 is 14.4. The molecule has 1 amide bonds. The van der Waals surface area contributed by atoms with Crippen LogP contribution in [-0.4, -0.2) is 15.5 Å². The Balaban J connectivity index is 2.34. The highest BCUT2D eigenvalue weighted by molar-refractivity contribution is 6.03. The van der Waals surface area contributed by atoms with Crippen LogP contribution in [0, 0.1) is 15.9 Å². The molecule has 1 aromatic carbocycles. The smallest absolute Gasteiger partial charge is 0.268 e. The highest BCUT2D eigenvalue weighted by Crippen LogP contribution is 2.19. The Morgan fingerprint density at radius 3 is 2.61 bits per heavy atom. The molecule has 0 unspecified atom stereocenters. The predicted molar refractivity (Wildman–Crippen MR) is 61.2 cm³/mol. The van der Waals surface area contributed by atoms with Gasteiger partial charge in [-0.15, -0.1) is 0 Å². The van der Waals surface area contributed by atoms with Crippen molar-refractivity contribution in [2.75, 3.05) is 5.43 Å². The molecule has 0 saturated carbocycles. The molecule has 0 aliphatic carbocycles. The standard InChI is InChI=1S/C11H8FN3O3/c12-8-3-4-10(15(17)18)9(7-8)11(16)13-14-5-1-2-6-14/h1-7H,(H,13,16). The summed E-state index contributed by atoms with van der Waals surface area (Å²) in [6.07, 6.45) is 3.09. The van der Waals surface area contributed by atoms with Crippen LogP contribution in [0.25, 0.3) is 0 Å². The highest BCUT2D eigenvalue weighted by atomic mass is 19.1. The Bertz CT molecular complexity index is 596. The summed E-state index contributed by atoms with van der Waals surface area (Å²) in [6.45, 7) is 0. The van der Waals surface area contributed by atoms with Crippen LogP contribution in [0.3, 0.4) is 0 Å². The van der Waals surface area contributed by atoms with Crippen LogP contribution in [0.4, 0.5) is 10.1 Å². The van der Waals surface area contributed by atoms with Crippen LogP contribution < -0.4 is 5.43 Å². The van der Waals surface area contributed by atoms with E-state index in [1.807, 2.05) is 0 Å². The van der Waals surface area contributed by atoms with Crippen LogP contribution in [0.15, 0.2) is 42.7 Å². The molecule has 0 spiro atoms. The van der Waals surface area contributed by atoms with E-state index in [9.17, 15) is 19.3 Å². The molecule has 0 bridgehead atoms.